The Morgan fingerprint density at radius 1 is 1.24 bits per heavy atom. The largest absolute Gasteiger partial charge is 0.388 e. The molecule has 21 heavy (non-hydrogen) atoms. The highest BCUT2D eigenvalue weighted by molar-refractivity contribution is 6.03. The van der Waals surface area contributed by atoms with Crippen LogP contribution in [0.4, 0.5) is 5.69 Å². The van der Waals surface area contributed by atoms with Crippen molar-refractivity contribution in [3.63, 3.8) is 0 Å². The van der Waals surface area contributed by atoms with Crippen LogP contribution in [-0.4, -0.2) is 29.4 Å². The van der Waals surface area contributed by atoms with E-state index in [4.69, 9.17) is 5.73 Å². The second-order valence-corrected chi connectivity index (χ2v) is 4.93. The maximum absolute atomic E-state index is 12.3. The summed E-state index contributed by atoms with van der Waals surface area (Å²) in [6, 6.07) is 6.80. The van der Waals surface area contributed by atoms with Gasteiger partial charge in [0.2, 0.25) is 5.91 Å². The van der Waals surface area contributed by atoms with Crippen molar-refractivity contribution in [1.29, 1.82) is 0 Å². The van der Waals surface area contributed by atoms with Crippen molar-refractivity contribution in [2.24, 2.45) is 5.73 Å². The zero-order chi connectivity index (χ0) is 16.0. The molecule has 1 amide bonds. The minimum absolute atomic E-state index is 0.405. The molecule has 0 heterocycles. The molecule has 0 radical (unpaired) electrons. The van der Waals surface area contributed by atoms with E-state index < -0.39 is 17.3 Å². The van der Waals surface area contributed by atoms with Gasteiger partial charge in [0.25, 0.3) is 0 Å². The number of nitrogens with two attached hydrogens (primary N) is 1. The predicted molar refractivity (Wildman–Crippen MR) is 83.0 cm³/mol. The third-order valence-electron chi connectivity index (χ3n) is 2.91. The fraction of sp³-hybridized carbons (Fsp3) is 0.250. The number of anilines is 1. The van der Waals surface area contributed by atoms with E-state index in [9.17, 15) is 14.7 Å². The lowest BCUT2D eigenvalue weighted by Crippen LogP contribution is -2.33. The molecule has 4 N–H and O–H groups in total. The molecule has 0 bridgehead atoms. The van der Waals surface area contributed by atoms with Crippen molar-refractivity contribution in [2.75, 3.05) is 12.4 Å². The number of allylic oxidation sites excluding steroid dienone is 2. The lowest BCUT2D eigenvalue weighted by molar-refractivity contribution is -0.113. The Morgan fingerprint density at radius 3 is 2.29 bits per heavy atom. The molecule has 1 atom stereocenters. The minimum atomic E-state index is -1.66. The summed E-state index contributed by atoms with van der Waals surface area (Å²) < 4.78 is 0. The maximum Gasteiger partial charge on any atom is 0.241 e. The summed E-state index contributed by atoms with van der Waals surface area (Å²) in [7, 11) is 1.78. The van der Waals surface area contributed by atoms with Gasteiger partial charge >= 0.3 is 0 Å². The number of hydrogen-bond donors (Lipinski definition) is 3. The number of carbonyl (C=O) groups excluding carboxylic acids is 2. The van der Waals surface area contributed by atoms with Crippen molar-refractivity contribution in [2.45, 2.75) is 19.4 Å². The lowest BCUT2D eigenvalue weighted by atomic mass is 9.92. The monoisotopic (exact) mass is 288 g/mol. The van der Waals surface area contributed by atoms with Gasteiger partial charge in [-0.15, -0.1) is 0 Å². The molecule has 0 spiro atoms. The maximum atomic E-state index is 12.3. The summed E-state index contributed by atoms with van der Waals surface area (Å²) >= 11 is 0. The van der Waals surface area contributed by atoms with E-state index in [1.54, 1.807) is 38.2 Å². The van der Waals surface area contributed by atoms with E-state index in [0.717, 1.165) is 5.69 Å². The van der Waals surface area contributed by atoms with Gasteiger partial charge in [0.05, 0.1) is 0 Å². The second-order valence-electron chi connectivity index (χ2n) is 4.93. The van der Waals surface area contributed by atoms with Crippen LogP contribution < -0.4 is 11.1 Å². The highest BCUT2D eigenvalue weighted by atomic mass is 16.3. The summed E-state index contributed by atoms with van der Waals surface area (Å²) in [6.07, 6.45) is 4.02. The molecular formula is C16H20N2O3. The number of Topliss-reactive ketones (excluding diaryl/α,β-unsaturated/α-hetero) is 1. The second kappa shape index (κ2) is 6.85. The average Bonchev–Trinajstić information content (AvgIpc) is 2.44. The van der Waals surface area contributed by atoms with Gasteiger partial charge in [-0.3, -0.25) is 9.59 Å². The van der Waals surface area contributed by atoms with Gasteiger partial charge in [0.1, 0.15) is 5.60 Å². The Labute approximate surface area is 124 Å². The molecular weight excluding hydrogens is 268 g/mol. The number of aliphatic hydroxyl groups is 1. The number of benzene rings is 1. The van der Waals surface area contributed by atoms with Crippen molar-refractivity contribution >= 4 is 17.4 Å². The Bertz CT molecular complexity index is 584. The highest BCUT2D eigenvalue weighted by Gasteiger charge is 2.28. The van der Waals surface area contributed by atoms with Crippen molar-refractivity contribution in [3.05, 3.63) is 53.6 Å². The van der Waals surface area contributed by atoms with Gasteiger partial charge in [-0.2, -0.15) is 0 Å². The van der Waals surface area contributed by atoms with Gasteiger partial charge in [0, 0.05) is 24.4 Å². The quantitative estimate of drug-likeness (QED) is 0.421. The number of primary amides is 1. The van der Waals surface area contributed by atoms with Gasteiger partial charge < -0.3 is 16.2 Å². The molecule has 5 nitrogen and oxygen atoms in total. The first kappa shape index (κ1) is 16.7. The molecule has 5 heteroatoms. The number of rotatable bonds is 6. The number of ketones is 1. The zero-order valence-corrected chi connectivity index (χ0v) is 12.4. The Balaban J connectivity index is 2.97. The summed E-state index contributed by atoms with van der Waals surface area (Å²) in [5.41, 5.74) is 5.19. The molecule has 0 fully saturated rings. The van der Waals surface area contributed by atoms with Crippen LogP contribution >= 0.6 is 0 Å². The van der Waals surface area contributed by atoms with Crippen LogP contribution in [-0.2, 0) is 4.79 Å². The topological polar surface area (TPSA) is 92.4 Å². The lowest BCUT2D eigenvalue weighted by Gasteiger charge is -2.18. The van der Waals surface area contributed by atoms with E-state index in [2.05, 4.69) is 5.32 Å². The predicted octanol–water partition coefficient (Wildman–Crippen LogP) is 1.65. The molecule has 0 unspecified atom stereocenters. The van der Waals surface area contributed by atoms with Crippen LogP contribution in [0.5, 0.6) is 0 Å². The zero-order valence-electron chi connectivity index (χ0n) is 12.4. The molecule has 0 aliphatic heterocycles. The summed E-state index contributed by atoms with van der Waals surface area (Å²) in [6.45, 7) is 3.08. The van der Waals surface area contributed by atoms with Gasteiger partial charge in [-0.25, -0.2) is 0 Å². The molecule has 112 valence electrons. The van der Waals surface area contributed by atoms with Crippen LogP contribution in [0.15, 0.2) is 48.1 Å². The van der Waals surface area contributed by atoms with E-state index in [1.165, 1.54) is 25.2 Å². The number of hydrogen-bond acceptors (Lipinski definition) is 4. The van der Waals surface area contributed by atoms with Crippen LogP contribution in [0, 0.1) is 0 Å². The first-order valence-electron chi connectivity index (χ1n) is 6.48. The SMILES string of the molecule is CNc1ccc(C(=O)[C@](C)(O)/C=C(C)/C=C/C(N)=O)cc1. The van der Waals surface area contributed by atoms with E-state index in [0.29, 0.717) is 11.1 Å². The van der Waals surface area contributed by atoms with Crippen LogP contribution in [0.2, 0.25) is 0 Å². The standard InChI is InChI=1S/C16H20N2O3/c1-11(4-9-14(17)19)10-16(2,21)15(20)12-5-7-13(18-3)8-6-12/h4-10,18,21H,1-3H3,(H2,17,19)/b9-4+,11-10+/t16-/m1/s1. The van der Waals surface area contributed by atoms with Gasteiger partial charge in [-0.05, 0) is 44.2 Å². The number of nitrogens with one attached hydrogen (secondary N) is 1. The van der Waals surface area contributed by atoms with Crippen molar-refractivity contribution in [3.8, 4) is 0 Å². The minimum Gasteiger partial charge on any atom is -0.388 e. The fourth-order valence-electron chi connectivity index (χ4n) is 1.85. The average molecular weight is 288 g/mol. The molecule has 0 aliphatic carbocycles. The Hall–Kier alpha value is -2.40. The highest BCUT2D eigenvalue weighted by Crippen LogP contribution is 2.19. The Morgan fingerprint density at radius 2 is 1.81 bits per heavy atom. The summed E-state index contributed by atoms with van der Waals surface area (Å²) in [5.74, 6) is -1.01. The molecule has 0 saturated carbocycles. The third kappa shape index (κ3) is 4.89. The van der Waals surface area contributed by atoms with E-state index in [1.807, 2.05) is 0 Å². The van der Waals surface area contributed by atoms with Crippen molar-refractivity contribution < 1.29 is 14.7 Å². The van der Waals surface area contributed by atoms with Crippen molar-refractivity contribution in [1.82, 2.24) is 0 Å². The molecule has 1 aromatic carbocycles. The van der Waals surface area contributed by atoms with Crippen LogP contribution in [0.1, 0.15) is 24.2 Å². The first-order chi connectivity index (χ1) is 9.76. The Kier molecular flexibility index (Phi) is 5.44. The molecule has 1 aromatic rings. The smallest absolute Gasteiger partial charge is 0.241 e. The molecule has 1 rings (SSSR count). The fourth-order valence-corrected chi connectivity index (χ4v) is 1.85. The number of carbonyl (C=O) groups is 2. The van der Waals surface area contributed by atoms with Crippen LogP contribution in [0.3, 0.4) is 0 Å². The first-order valence-corrected chi connectivity index (χ1v) is 6.48. The molecule has 0 saturated heterocycles. The van der Waals surface area contributed by atoms with Gasteiger partial charge in [-0.1, -0.05) is 11.6 Å². The van der Waals surface area contributed by atoms with Gasteiger partial charge in [0.15, 0.2) is 5.78 Å². The number of amides is 1. The van der Waals surface area contributed by atoms with E-state index in [-0.39, 0.29) is 0 Å². The molecule has 0 aliphatic rings. The van der Waals surface area contributed by atoms with E-state index >= 15 is 0 Å². The van der Waals surface area contributed by atoms with Crippen LogP contribution in [0.25, 0.3) is 0 Å². The normalized spacial score (nSPS) is 14.8. The summed E-state index contributed by atoms with van der Waals surface area (Å²) in [4.78, 5) is 23.0. The third-order valence-corrected chi connectivity index (χ3v) is 2.91. The summed E-state index contributed by atoms with van der Waals surface area (Å²) in [5, 5.41) is 13.3. The molecule has 0 aromatic heterocycles.